The van der Waals surface area contributed by atoms with Crippen LogP contribution in [0.15, 0.2) is 79.0 Å². The molecule has 5 rings (SSSR count). The van der Waals surface area contributed by atoms with Crippen molar-refractivity contribution in [2.75, 3.05) is 7.05 Å². The Morgan fingerprint density at radius 2 is 1.72 bits per heavy atom. The van der Waals surface area contributed by atoms with Crippen LogP contribution in [-0.4, -0.2) is 32.6 Å². The summed E-state index contributed by atoms with van der Waals surface area (Å²) in [6.45, 7) is 2.07. The van der Waals surface area contributed by atoms with E-state index in [0.29, 0.717) is 5.69 Å². The molecule has 1 aliphatic rings. The Labute approximate surface area is 188 Å². The Morgan fingerprint density at radius 3 is 2.44 bits per heavy atom. The second-order valence-corrected chi connectivity index (χ2v) is 8.36. The number of benzene rings is 2. The number of aryl methyl sites for hydroxylation is 1. The molecule has 0 saturated carbocycles. The minimum atomic E-state index is -0.286. The van der Waals surface area contributed by atoms with Gasteiger partial charge >= 0.3 is 0 Å². The molecule has 0 radical (unpaired) electrons. The average Bonchev–Trinajstić information content (AvgIpc) is 3.44. The Hall–Kier alpha value is -3.73. The minimum absolute atomic E-state index is 0.0754. The van der Waals surface area contributed by atoms with Crippen LogP contribution in [0.4, 0.5) is 0 Å². The lowest BCUT2D eigenvalue weighted by molar-refractivity contribution is 0.0745. The fourth-order valence-electron chi connectivity index (χ4n) is 4.56. The van der Waals surface area contributed by atoms with E-state index >= 15 is 0 Å². The summed E-state index contributed by atoms with van der Waals surface area (Å²) >= 11 is 0. The number of amides is 1. The molecule has 0 spiro atoms. The largest absolute Gasteiger partial charge is 0.328 e. The molecule has 0 saturated heterocycles. The van der Waals surface area contributed by atoms with E-state index < -0.39 is 0 Å². The number of aromatic nitrogens is 3. The standard InChI is InChI=1S/C27H26N4O/c1-19-14-16-21(17-15-19)31-24-13-8-11-22(24)25(29-31)27(32)30(2)26(20-9-4-3-5-10-20)23-12-6-7-18-28-23/h3-7,9-10,12,14-18,26H,8,11,13H2,1-2H3. The minimum Gasteiger partial charge on any atom is -0.328 e. The van der Waals surface area contributed by atoms with E-state index in [2.05, 4.69) is 36.2 Å². The van der Waals surface area contributed by atoms with E-state index in [1.807, 2.05) is 60.3 Å². The molecule has 0 bridgehead atoms. The van der Waals surface area contributed by atoms with Crippen LogP contribution in [0.25, 0.3) is 5.69 Å². The maximum Gasteiger partial charge on any atom is 0.275 e. The Kier molecular flexibility index (Phi) is 5.31. The van der Waals surface area contributed by atoms with Crippen LogP contribution in [-0.2, 0) is 12.8 Å². The average molecular weight is 423 g/mol. The second-order valence-electron chi connectivity index (χ2n) is 8.36. The molecule has 2 heterocycles. The molecule has 0 aliphatic heterocycles. The molecule has 5 heteroatoms. The first-order valence-corrected chi connectivity index (χ1v) is 11.0. The molecule has 160 valence electrons. The molecule has 1 amide bonds. The van der Waals surface area contributed by atoms with Crippen molar-refractivity contribution in [3.8, 4) is 5.69 Å². The van der Waals surface area contributed by atoms with Crippen molar-refractivity contribution in [2.24, 2.45) is 0 Å². The van der Waals surface area contributed by atoms with Crippen LogP contribution in [0.1, 0.15) is 51.0 Å². The molecular weight excluding hydrogens is 396 g/mol. The van der Waals surface area contributed by atoms with Gasteiger partial charge in [-0.2, -0.15) is 5.10 Å². The molecule has 1 atom stereocenters. The summed E-state index contributed by atoms with van der Waals surface area (Å²) in [7, 11) is 1.85. The predicted molar refractivity (Wildman–Crippen MR) is 125 cm³/mol. The van der Waals surface area contributed by atoms with E-state index in [-0.39, 0.29) is 11.9 Å². The maximum absolute atomic E-state index is 13.8. The third-order valence-electron chi connectivity index (χ3n) is 6.20. The lowest BCUT2D eigenvalue weighted by Crippen LogP contribution is -2.33. The van der Waals surface area contributed by atoms with Crippen LogP contribution >= 0.6 is 0 Å². The van der Waals surface area contributed by atoms with Gasteiger partial charge in [-0.15, -0.1) is 0 Å². The van der Waals surface area contributed by atoms with E-state index in [1.165, 1.54) is 5.56 Å². The van der Waals surface area contributed by atoms with Gasteiger partial charge in [0.25, 0.3) is 5.91 Å². The van der Waals surface area contributed by atoms with Gasteiger partial charge in [0.15, 0.2) is 5.69 Å². The highest BCUT2D eigenvalue weighted by Crippen LogP contribution is 2.32. The third kappa shape index (κ3) is 3.60. The van der Waals surface area contributed by atoms with Crippen molar-refractivity contribution in [3.63, 3.8) is 0 Å². The molecule has 0 fully saturated rings. The number of rotatable bonds is 5. The molecule has 1 aliphatic carbocycles. The third-order valence-corrected chi connectivity index (χ3v) is 6.20. The van der Waals surface area contributed by atoms with Gasteiger partial charge in [-0.1, -0.05) is 54.1 Å². The number of hydrogen-bond acceptors (Lipinski definition) is 3. The van der Waals surface area contributed by atoms with Gasteiger partial charge in [-0.25, -0.2) is 4.68 Å². The number of carbonyl (C=O) groups excluding carboxylic acids is 1. The first-order chi connectivity index (χ1) is 15.6. The molecule has 32 heavy (non-hydrogen) atoms. The summed E-state index contributed by atoms with van der Waals surface area (Å²) in [5.74, 6) is -0.0754. The predicted octanol–water partition coefficient (Wildman–Crippen LogP) is 4.93. The molecule has 5 nitrogen and oxygen atoms in total. The summed E-state index contributed by atoms with van der Waals surface area (Å²) in [5.41, 5.74) is 6.85. The first kappa shape index (κ1) is 20.2. The Balaban J connectivity index is 1.56. The van der Waals surface area contributed by atoms with Crippen molar-refractivity contribution >= 4 is 5.91 Å². The van der Waals surface area contributed by atoms with Gasteiger partial charge in [0.2, 0.25) is 0 Å². The van der Waals surface area contributed by atoms with Crippen molar-refractivity contribution in [1.82, 2.24) is 19.7 Å². The Morgan fingerprint density at radius 1 is 0.969 bits per heavy atom. The number of carbonyl (C=O) groups is 1. The Bertz CT molecular complexity index is 1190. The molecule has 2 aromatic heterocycles. The van der Waals surface area contributed by atoms with Gasteiger partial charge in [0, 0.05) is 24.5 Å². The first-order valence-electron chi connectivity index (χ1n) is 11.0. The topological polar surface area (TPSA) is 51.0 Å². The quantitative estimate of drug-likeness (QED) is 0.458. The van der Waals surface area contributed by atoms with Crippen LogP contribution < -0.4 is 0 Å². The van der Waals surface area contributed by atoms with Gasteiger partial charge in [-0.05, 0) is 56.0 Å². The maximum atomic E-state index is 13.8. The molecule has 0 N–H and O–H groups in total. The number of fused-ring (bicyclic) bond motifs is 1. The zero-order chi connectivity index (χ0) is 22.1. The van der Waals surface area contributed by atoms with Gasteiger partial charge < -0.3 is 4.90 Å². The SMILES string of the molecule is Cc1ccc(-n2nc(C(=O)N(C)C(c3ccccc3)c3ccccn3)c3c2CCC3)cc1. The summed E-state index contributed by atoms with van der Waals surface area (Å²) in [6, 6.07) is 23.9. The fraction of sp³-hybridized carbons (Fsp3) is 0.222. The number of nitrogens with zero attached hydrogens (tertiary/aromatic N) is 4. The van der Waals surface area contributed by atoms with Crippen molar-refractivity contribution in [2.45, 2.75) is 32.2 Å². The van der Waals surface area contributed by atoms with Crippen LogP contribution in [0.3, 0.4) is 0 Å². The highest BCUT2D eigenvalue weighted by Gasteiger charge is 2.32. The van der Waals surface area contributed by atoms with Crippen LogP contribution in [0, 0.1) is 6.92 Å². The van der Waals surface area contributed by atoms with Crippen molar-refractivity contribution < 1.29 is 4.79 Å². The number of hydrogen-bond donors (Lipinski definition) is 0. The van der Waals surface area contributed by atoms with Crippen molar-refractivity contribution in [3.05, 3.63) is 113 Å². The molecule has 1 unspecified atom stereocenters. The lowest BCUT2D eigenvalue weighted by atomic mass is 10.0. The summed E-state index contributed by atoms with van der Waals surface area (Å²) in [4.78, 5) is 20.2. The highest BCUT2D eigenvalue weighted by molar-refractivity contribution is 5.94. The highest BCUT2D eigenvalue weighted by atomic mass is 16.2. The fourth-order valence-corrected chi connectivity index (χ4v) is 4.56. The monoisotopic (exact) mass is 422 g/mol. The van der Waals surface area contributed by atoms with Crippen molar-refractivity contribution in [1.29, 1.82) is 0 Å². The molecular formula is C27H26N4O. The van der Waals surface area contributed by atoms with E-state index in [1.54, 1.807) is 11.1 Å². The smallest absolute Gasteiger partial charge is 0.275 e. The summed E-state index contributed by atoms with van der Waals surface area (Å²) < 4.78 is 1.96. The van der Waals surface area contributed by atoms with Gasteiger partial charge in [0.05, 0.1) is 17.4 Å². The van der Waals surface area contributed by atoms with Gasteiger partial charge in [-0.3, -0.25) is 9.78 Å². The van der Waals surface area contributed by atoms with E-state index in [0.717, 1.165) is 47.5 Å². The summed E-state index contributed by atoms with van der Waals surface area (Å²) in [5, 5.41) is 4.83. The molecule has 4 aromatic rings. The lowest BCUT2D eigenvalue weighted by Gasteiger charge is -2.28. The number of pyridine rings is 1. The van der Waals surface area contributed by atoms with Crippen LogP contribution in [0.2, 0.25) is 0 Å². The molecule has 2 aromatic carbocycles. The van der Waals surface area contributed by atoms with E-state index in [4.69, 9.17) is 5.10 Å². The second kappa shape index (κ2) is 8.42. The van der Waals surface area contributed by atoms with Gasteiger partial charge in [0.1, 0.15) is 0 Å². The summed E-state index contributed by atoms with van der Waals surface area (Å²) in [6.07, 6.45) is 4.64. The zero-order valence-electron chi connectivity index (χ0n) is 18.4. The normalized spacial score (nSPS) is 13.6. The van der Waals surface area contributed by atoms with E-state index in [9.17, 15) is 4.79 Å². The zero-order valence-corrected chi connectivity index (χ0v) is 18.4. The van der Waals surface area contributed by atoms with Crippen LogP contribution in [0.5, 0.6) is 0 Å².